The van der Waals surface area contributed by atoms with Crippen LogP contribution in [0.15, 0.2) is 88.5 Å². The number of imidazole rings is 1. The summed E-state index contributed by atoms with van der Waals surface area (Å²) in [5.41, 5.74) is 6.36. The Morgan fingerprint density at radius 3 is 2.11 bits per heavy atom. The van der Waals surface area contributed by atoms with E-state index in [9.17, 15) is 9.59 Å². The van der Waals surface area contributed by atoms with Gasteiger partial charge in [-0.3, -0.25) is 4.79 Å². The van der Waals surface area contributed by atoms with Crippen LogP contribution in [0.25, 0.3) is 11.0 Å². The minimum atomic E-state index is -0.717. The SMILES string of the molecule is Cc1ccc(CC(CNC(=O)c2cnoc2C)n2c(=NC(=O)OC(C)(C)C)n(Cc3ccc(C)cc3)c3ccccc32)cc1. The van der Waals surface area contributed by atoms with Crippen LogP contribution in [-0.4, -0.2) is 38.4 Å². The zero-order valence-electron chi connectivity index (χ0n) is 26.1. The van der Waals surface area contributed by atoms with Crippen molar-refractivity contribution < 1.29 is 18.8 Å². The maximum atomic E-state index is 13.3. The summed E-state index contributed by atoms with van der Waals surface area (Å²) in [6, 6.07) is 24.3. The standard InChI is InChI=1S/C35H39N5O4/c1-23-11-15-26(16-12-23)19-28(20-36-32(41)29-21-37-44-25(29)3)40-31-10-8-7-9-30(31)39(22-27-17-13-24(2)14-18-27)33(40)38-34(42)43-35(4,5)6/h7-18,21,28H,19-20,22H2,1-6H3,(H,36,41). The van der Waals surface area contributed by atoms with Crippen molar-refractivity contribution in [3.8, 4) is 0 Å². The van der Waals surface area contributed by atoms with E-state index in [-0.39, 0.29) is 18.5 Å². The number of hydrogen-bond acceptors (Lipinski definition) is 5. The quantitative estimate of drug-likeness (QED) is 0.223. The average molecular weight is 594 g/mol. The Labute approximate surface area is 257 Å². The largest absolute Gasteiger partial charge is 0.442 e. The number of nitrogens with zero attached hydrogens (tertiary/aromatic N) is 4. The van der Waals surface area contributed by atoms with E-state index < -0.39 is 11.7 Å². The van der Waals surface area contributed by atoms with E-state index >= 15 is 0 Å². The van der Waals surface area contributed by atoms with Crippen molar-refractivity contribution in [2.75, 3.05) is 6.54 Å². The molecule has 3 aromatic carbocycles. The van der Waals surface area contributed by atoms with Gasteiger partial charge in [0, 0.05) is 6.54 Å². The lowest BCUT2D eigenvalue weighted by molar-refractivity contribution is 0.0592. The molecular formula is C35H39N5O4. The molecule has 0 spiro atoms. The fourth-order valence-electron chi connectivity index (χ4n) is 5.19. The molecular weight excluding hydrogens is 554 g/mol. The zero-order valence-corrected chi connectivity index (χ0v) is 26.1. The fraction of sp³-hybridized carbons (Fsp3) is 0.314. The van der Waals surface area contributed by atoms with E-state index in [0.717, 1.165) is 33.3 Å². The third-order valence-electron chi connectivity index (χ3n) is 7.39. The number of aryl methyl sites for hydroxylation is 3. The fourth-order valence-corrected chi connectivity index (χ4v) is 5.19. The molecule has 0 aliphatic heterocycles. The van der Waals surface area contributed by atoms with Crippen molar-refractivity contribution in [3.63, 3.8) is 0 Å². The third-order valence-corrected chi connectivity index (χ3v) is 7.39. The summed E-state index contributed by atoms with van der Waals surface area (Å²) in [6.07, 6.45) is 1.31. The van der Waals surface area contributed by atoms with Crippen LogP contribution in [0.2, 0.25) is 0 Å². The molecule has 2 amide bonds. The Bertz CT molecular complexity index is 1840. The summed E-state index contributed by atoms with van der Waals surface area (Å²) in [4.78, 5) is 31.1. The highest BCUT2D eigenvalue weighted by molar-refractivity contribution is 5.94. The molecule has 0 radical (unpaired) electrons. The first kappa shape index (κ1) is 30.5. The molecule has 9 nitrogen and oxygen atoms in total. The second-order valence-electron chi connectivity index (χ2n) is 12.2. The summed E-state index contributed by atoms with van der Waals surface area (Å²) >= 11 is 0. The first-order valence-electron chi connectivity index (χ1n) is 14.8. The zero-order chi connectivity index (χ0) is 31.4. The topological polar surface area (TPSA) is 104 Å². The van der Waals surface area contributed by atoms with Crippen LogP contribution in [0.4, 0.5) is 4.79 Å². The van der Waals surface area contributed by atoms with Crippen LogP contribution in [0.5, 0.6) is 0 Å². The van der Waals surface area contributed by atoms with Crippen molar-refractivity contribution in [1.29, 1.82) is 0 Å². The third kappa shape index (κ3) is 7.16. The van der Waals surface area contributed by atoms with Crippen LogP contribution < -0.4 is 10.9 Å². The van der Waals surface area contributed by atoms with Gasteiger partial charge in [-0.2, -0.15) is 0 Å². The van der Waals surface area contributed by atoms with Crippen LogP contribution in [-0.2, 0) is 17.7 Å². The van der Waals surface area contributed by atoms with Crippen molar-refractivity contribution in [2.24, 2.45) is 4.99 Å². The van der Waals surface area contributed by atoms with Crippen LogP contribution in [0.1, 0.15) is 65.2 Å². The van der Waals surface area contributed by atoms with Gasteiger partial charge in [-0.05, 0) is 71.2 Å². The number of aromatic nitrogens is 3. The van der Waals surface area contributed by atoms with Crippen molar-refractivity contribution in [1.82, 2.24) is 19.6 Å². The molecule has 0 aliphatic rings. The molecule has 5 rings (SSSR count). The van der Waals surface area contributed by atoms with Crippen LogP contribution in [0, 0.1) is 20.8 Å². The smallest absolute Gasteiger partial charge is 0.437 e. The highest BCUT2D eigenvalue weighted by atomic mass is 16.6. The number of ether oxygens (including phenoxy) is 1. The minimum Gasteiger partial charge on any atom is -0.442 e. The number of carbonyl (C=O) groups excluding carboxylic acids is 2. The van der Waals surface area contributed by atoms with Gasteiger partial charge in [0.25, 0.3) is 5.91 Å². The summed E-state index contributed by atoms with van der Waals surface area (Å²) in [5.74, 6) is 0.160. The van der Waals surface area contributed by atoms with Gasteiger partial charge in [0.1, 0.15) is 16.9 Å². The summed E-state index contributed by atoms with van der Waals surface area (Å²) in [7, 11) is 0. The average Bonchev–Trinajstić information content (AvgIpc) is 3.53. The van der Waals surface area contributed by atoms with Gasteiger partial charge in [-0.15, -0.1) is 4.99 Å². The van der Waals surface area contributed by atoms with E-state index in [4.69, 9.17) is 9.26 Å². The molecule has 1 N–H and O–H groups in total. The predicted octanol–water partition coefficient (Wildman–Crippen LogP) is 6.45. The number of benzene rings is 3. The van der Waals surface area contributed by atoms with Crippen molar-refractivity contribution >= 4 is 23.0 Å². The monoisotopic (exact) mass is 593 g/mol. The highest BCUT2D eigenvalue weighted by Crippen LogP contribution is 2.23. The highest BCUT2D eigenvalue weighted by Gasteiger charge is 2.24. The Morgan fingerprint density at radius 2 is 1.52 bits per heavy atom. The second kappa shape index (κ2) is 12.8. The maximum absolute atomic E-state index is 13.3. The van der Waals surface area contributed by atoms with Gasteiger partial charge in [0.15, 0.2) is 0 Å². The summed E-state index contributed by atoms with van der Waals surface area (Å²) in [6.45, 7) is 12.0. The molecule has 9 heteroatoms. The lowest BCUT2D eigenvalue weighted by Gasteiger charge is -2.21. The Kier molecular flexibility index (Phi) is 8.85. The summed E-state index contributed by atoms with van der Waals surface area (Å²) < 4.78 is 14.9. The Hall–Kier alpha value is -4.92. The molecule has 1 atom stereocenters. The van der Waals surface area contributed by atoms with Crippen LogP contribution >= 0.6 is 0 Å². The van der Waals surface area contributed by atoms with E-state index in [1.54, 1.807) is 6.92 Å². The van der Waals surface area contributed by atoms with Gasteiger partial charge in [-0.25, -0.2) is 4.79 Å². The number of rotatable bonds is 8. The molecule has 2 heterocycles. The number of hydrogen-bond donors (Lipinski definition) is 1. The molecule has 228 valence electrons. The summed E-state index contributed by atoms with van der Waals surface area (Å²) in [5, 5.41) is 6.84. The second-order valence-corrected chi connectivity index (χ2v) is 12.2. The molecule has 0 fully saturated rings. The lowest BCUT2D eigenvalue weighted by atomic mass is 10.0. The van der Waals surface area contributed by atoms with Gasteiger partial charge in [-0.1, -0.05) is 76.9 Å². The molecule has 44 heavy (non-hydrogen) atoms. The molecule has 0 bridgehead atoms. The molecule has 2 aromatic heterocycles. The van der Waals surface area contributed by atoms with Gasteiger partial charge in [0.05, 0.1) is 29.8 Å². The van der Waals surface area contributed by atoms with E-state index in [2.05, 4.69) is 70.9 Å². The van der Waals surface area contributed by atoms with Gasteiger partial charge >= 0.3 is 6.09 Å². The number of fused-ring (bicyclic) bond motifs is 1. The molecule has 0 saturated carbocycles. The Morgan fingerprint density at radius 1 is 0.909 bits per heavy atom. The molecule has 0 aliphatic carbocycles. The Balaban J connectivity index is 1.68. The van der Waals surface area contributed by atoms with E-state index in [1.807, 2.05) is 61.1 Å². The normalized spacial score (nSPS) is 12.8. The first-order valence-corrected chi connectivity index (χ1v) is 14.8. The predicted molar refractivity (Wildman–Crippen MR) is 169 cm³/mol. The van der Waals surface area contributed by atoms with E-state index in [1.165, 1.54) is 6.20 Å². The van der Waals surface area contributed by atoms with Crippen LogP contribution in [0.3, 0.4) is 0 Å². The molecule has 0 saturated heterocycles. The number of carbonyl (C=O) groups is 2. The maximum Gasteiger partial charge on any atom is 0.437 e. The number of nitrogens with one attached hydrogen (secondary N) is 1. The number of para-hydroxylation sites is 2. The van der Waals surface area contributed by atoms with Crippen molar-refractivity contribution in [3.05, 3.63) is 118 Å². The first-order chi connectivity index (χ1) is 21.0. The van der Waals surface area contributed by atoms with E-state index in [0.29, 0.717) is 29.9 Å². The van der Waals surface area contributed by atoms with Gasteiger partial charge < -0.3 is 23.7 Å². The molecule has 1 unspecified atom stereocenters. The number of amides is 2. The van der Waals surface area contributed by atoms with Gasteiger partial charge in [0.2, 0.25) is 5.62 Å². The lowest BCUT2D eigenvalue weighted by Crippen LogP contribution is -2.38. The minimum absolute atomic E-state index is 0.261. The molecule has 5 aromatic rings. The van der Waals surface area contributed by atoms with Crippen molar-refractivity contribution in [2.45, 2.75) is 66.2 Å².